The van der Waals surface area contributed by atoms with Crippen LogP contribution < -0.4 is 10.6 Å². The molecule has 3 rings (SSSR count). The SMILES string of the molecule is CC(NC(=O)c1ccoc1)C(=O)Nc1cccc(CN2CCCCC2=O)c1. The molecule has 1 aliphatic rings. The molecule has 27 heavy (non-hydrogen) atoms. The number of rotatable bonds is 6. The van der Waals surface area contributed by atoms with E-state index in [9.17, 15) is 14.4 Å². The first kappa shape index (κ1) is 18.7. The van der Waals surface area contributed by atoms with E-state index in [2.05, 4.69) is 10.6 Å². The third-order valence-electron chi connectivity index (χ3n) is 4.51. The number of piperidine rings is 1. The molecule has 0 saturated carbocycles. The molecule has 0 bridgehead atoms. The van der Waals surface area contributed by atoms with E-state index in [1.165, 1.54) is 18.6 Å². The molecule has 0 spiro atoms. The van der Waals surface area contributed by atoms with Gasteiger partial charge in [0.05, 0.1) is 11.8 Å². The molecule has 2 heterocycles. The van der Waals surface area contributed by atoms with Gasteiger partial charge in [-0.3, -0.25) is 14.4 Å². The summed E-state index contributed by atoms with van der Waals surface area (Å²) in [6, 6.07) is 8.23. The van der Waals surface area contributed by atoms with Crippen molar-refractivity contribution in [1.82, 2.24) is 10.2 Å². The number of likely N-dealkylation sites (tertiary alicyclic amines) is 1. The predicted molar refractivity (Wildman–Crippen MR) is 100.0 cm³/mol. The zero-order valence-corrected chi connectivity index (χ0v) is 15.2. The van der Waals surface area contributed by atoms with Crippen molar-refractivity contribution in [2.75, 3.05) is 11.9 Å². The Hall–Kier alpha value is -3.09. The summed E-state index contributed by atoms with van der Waals surface area (Å²) in [6.45, 7) is 2.92. The van der Waals surface area contributed by atoms with Crippen LogP contribution in [0, 0.1) is 0 Å². The van der Waals surface area contributed by atoms with Gasteiger partial charge in [0.1, 0.15) is 12.3 Å². The largest absolute Gasteiger partial charge is 0.472 e. The number of carbonyl (C=O) groups excluding carboxylic acids is 3. The molecular weight excluding hydrogens is 346 g/mol. The van der Waals surface area contributed by atoms with E-state index in [0.29, 0.717) is 24.2 Å². The number of nitrogens with zero attached hydrogens (tertiary/aromatic N) is 1. The van der Waals surface area contributed by atoms with Gasteiger partial charge in [0, 0.05) is 25.2 Å². The lowest BCUT2D eigenvalue weighted by atomic mass is 10.1. The molecule has 3 amide bonds. The lowest BCUT2D eigenvalue weighted by molar-refractivity contribution is -0.133. The maximum Gasteiger partial charge on any atom is 0.255 e. The van der Waals surface area contributed by atoms with Gasteiger partial charge in [-0.2, -0.15) is 0 Å². The van der Waals surface area contributed by atoms with Crippen LogP contribution in [-0.4, -0.2) is 35.2 Å². The minimum Gasteiger partial charge on any atom is -0.472 e. The summed E-state index contributed by atoms with van der Waals surface area (Å²) in [4.78, 5) is 38.2. The Bertz CT molecular complexity index is 816. The standard InChI is InChI=1S/C20H23N3O4/c1-14(21-20(26)16-8-10-27-13-16)19(25)22-17-6-4-5-15(11-17)12-23-9-3-2-7-18(23)24/h4-6,8,10-11,13-14H,2-3,7,9,12H2,1H3,(H,21,26)(H,22,25). The molecule has 2 aromatic rings. The van der Waals surface area contributed by atoms with E-state index < -0.39 is 6.04 Å². The van der Waals surface area contributed by atoms with Gasteiger partial charge in [0.25, 0.3) is 5.91 Å². The van der Waals surface area contributed by atoms with Gasteiger partial charge in [-0.05, 0) is 43.5 Å². The van der Waals surface area contributed by atoms with Gasteiger partial charge in [-0.25, -0.2) is 0 Å². The first-order valence-electron chi connectivity index (χ1n) is 9.03. The number of amides is 3. The fraction of sp³-hybridized carbons (Fsp3) is 0.350. The zero-order chi connectivity index (χ0) is 19.2. The molecule has 1 atom stereocenters. The number of anilines is 1. The van der Waals surface area contributed by atoms with E-state index in [1.807, 2.05) is 23.1 Å². The van der Waals surface area contributed by atoms with Crippen LogP contribution >= 0.6 is 0 Å². The smallest absolute Gasteiger partial charge is 0.255 e. The Kier molecular flexibility index (Phi) is 5.90. The maximum absolute atomic E-state index is 12.4. The molecule has 142 valence electrons. The summed E-state index contributed by atoms with van der Waals surface area (Å²) in [5.74, 6) is -0.520. The van der Waals surface area contributed by atoms with E-state index in [1.54, 1.807) is 13.0 Å². The Morgan fingerprint density at radius 2 is 2.11 bits per heavy atom. The third kappa shape index (κ3) is 4.97. The lowest BCUT2D eigenvalue weighted by Crippen LogP contribution is -2.41. The first-order chi connectivity index (χ1) is 13.0. The van der Waals surface area contributed by atoms with Gasteiger partial charge in [0.15, 0.2) is 0 Å². The maximum atomic E-state index is 12.4. The minimum absolute atomic E-state index is 0.172. The van der Waals surface area contributed by atoms with E-state index in [-0.39, 0.29) is 17.7 Å². The molecule has 1 unspecified atom stereocenters. The monoisotopic (exact) mass is 369 g/mol. The number of carbonyl (C=O) groups is 3. The highest BCUT2D eigenvalue weighted by molar-refractivity contribution is 6.00. The summed E-state index contributed by atoms with van der Waals surface area (Å²) in [6.07, 6.45) is 5.30. The highest BCUT2D eigenvalue weighted by Crippen LogP contribution is 2.17. The summed E-state index contributed by atoms with van der Waals surface area (Å²) in [7, 11) is 0. The van der Waals surface area contributed by atoms with E-state index in [4.69, 9.17) is 4.42 Å². The van der Waals surface area contributed by atoms with Crippen LogP contribution in [-0.2, 0) is 16.1 Å². The van der Waals surface area contributed by atoms with Crippen LogP contribution in [0.25, 0.3) is 0 Å². The van der Waals surface area contributed by atoms with E-state index in [0.717, 1.165) is 24.9 Å². The average molecular weight is 369 g/mol. The molecule has 1 aromatic heterocycles. The molecule has 1 saturated heterocycles. The van der Waals surface area contributed by atoms with Crippen molar-refractivity contribution in [3.05, 3.63) is 54.0 Å². The highest BCUT2D eigenvalue weighted by atomic mass is 16.3. The molecule has 1 fully saturated rings. The number of nitrogens with one attached hydrogen (secondary N) is 2. The Balaban J connectivity index is 1.57. The van der Waals surface area contributed by atoms with Crippen LogP contribution in [0.3, 0.4) is 0 Å². The summed E-state index contributed by atoms with van der Waals surface area (Å²) in [5.41, 5.74) is 1.95. The third-order valence-corrected chi connectivity index (χ3v) is 4.51. The normalized spacial score (nSPS) is 15.3. The van der Waals surface area contributed by atoms with Crippen molar-refractivity contribution < 1.29 is 18.8 Å². The van der Waals surface area contributed by atoms with Crippen LogP contribution in [0.2, 0.25) is 0 Å². The van der Waals surface area contributed by atoms with Crippen molar-refractivity contribution in [2.24, 2.45) is 0 Å². The molecule has 7 nitrogen and oxygen atoms in total. The zero-order valence-electron chi connectivity index (χ0n) is 15.2. The van der Waals surface area contributed by atoms with Crippen LogP contribution in [0.1, 0.15) is 42.1 Å². The molecular formula is C20H23N3O4. The quantitative estimate of drug-likeness (QED) is 0.819. The Morgan fingerprint density at radius 3 is 2.85 bits per heavy atom. The second-order valence-electron chi connectivity index (χ2n) is 6.67. The minimum atomic E-state index is -0.709. The number of hydrogen-bond acceptors (Lipinski definition) is 4. The number of benzene rings is 1. The van der Waals surface area contributed by atoms with Gasteiger partial charge in [-0.1, -0.05) is 12.1 Å². The summed E-state index contributed by atoms with van der Waals surface area (Å²) in [5, 5.41) is 5.43. The van der Waals surface area contributed by atoms with Crippen molar-refractivity contribution in [3.63, 3.8) is 0 Å². The average Bonchev–Trinajstić information content (AvgIpc) is 3.19. The van der Waals surface area contributed by atoms with Crippen molar-refractivity contribution in [2.45, 2.75) is 38.8 Å². The predicted octanol–water partition coefficient (Wildman–Crippen LogP) is 2.55. The first-order valence-corrected chi connectivity index (χ1v) is 9.03. The van der Waals surface area contributed by atoms with Crippen molar-refractivity contribution in [1.29, 1.82) is 0 Å². The molecule has 2 N–H and O–H groups in total. The van der Waals surface area contributed by atoms with Gasteiger partial charge in [0.2, 0.25) is 11.8 Å². The second-order valence-corrected chi connectivity index (χ2v) is 6.67. The fourth-order valence-electron chi connectivity index (χ4n) is 2.99. The molecule has 1 aromatic carbocycles. The molecule has 0 aliphatic carbocycles. The van der Waals surface area contributed by atoms with Crippen LogP contribution in [0.5, 0.6) is 0 Å². The lowest BCUT2D eigenvalue weighted by Gasteiger charge is -2.27. The molecule has 1 aliphatic heterocycles. The number of hydrogen-bond donors (Lipinski definition) is 2. The van der Waals surface area contributed by atoms with E-state index >= 15 is 0 Å². The highest BCUT2D eigenvalue weighted by Gasteiger charge is 2.19. The second kappa shape index (κ2) is 8.53. The Labute approximate surface area is 157 Å². The van der Waals surface area contributed by atoms with Crippen LogP contribution in [0.4, 0.5) is 5.69 Å². The fourth-order valence-corrected chi connectivity index (χ4v) is 2.99. The van der Waals surface area contributed by atoms with Crippen LogP contribution in [0.15, 0.2) is 47.3 Å². The van der Waals surface area contributed by atoms with Gasteiger partial charge >= 0.3 is 0 Å². The summed E-state index contributed by atoms with van der Waals surface area (Å²) >= 11 is 0. The summed E-state index contributed by atoms with van der Waals surface area (Å²) < 4.78 is 4.87. The van der Waals surface area contributed by atoms with Crippen molar-refractivity contribution in [3.8, 4) is 0 Å². The molecule has 0 radical (unpaired) electrons. The van der Waals surface area contributed by atoms with Gasteiger partial charge < -0.3 is 20.0 Å². The molecule has 7 heteroatoms. The Morgan fingerprint density at radius 1 is 1.26 bits per heavy atom. The topological polar surface area (TPSA) is 91.7 Å². The van der Waals surface area contributed by atoms with Gasteiger partial charge in [-0.15, -0.1) is 0 Å². The van der Waals surface area contributed by atoms with Crippen molar-refractivity contribution >= 4 is 23.4 Å². The number of furan rings is 1.